The first kappa shape index (κ1) is 19.6. The highest BCUT2D eigenvalue weighted by Gasteiger charge is 2.18. The van der Waals surface area contributed by atoms with Gasteiger partial charge in [0, 0.05) is 5.56 Å². The highest BCUT2D eigenvalue weighted by Crippen LogP contribution is 2.35. The van der Waals surface area contributed by atoms with E-state index in [2.05, 4.69) is 69.3 Å². The predicted molar refractivity (Wildman–Crippen MR) is 112 cm³/mol. The van der Waals surface area contributed by atoms with E-state index in [0.29, 0.717) is 17.7 Å². The van der Waals surface area contributed by atoms with Crippen LogP contribution in [-0.2, 0) is 6.42 Å². The molecule has 0 aliphatic heterocycles. The molecule has 2 aromatic heterocycles. The lowest BCUT2D eigenvalue weighted by molar-refractivity contribution is 0.313. The van der Waals surface area contributed by atoms with Crippen LogP contribution >= 0.6 is 11.3 Å². The van der Waals surface area contributed by atoms with Crippen LogP contribution in [0.25, 0.3) is 22.2 Å². The average molecular weight is 385 g/mol. The summed E-state index contributed by atoms with van der Waals surface area (Å²) in [5, 5.41) is 10.8. The number of thiophene rings is 1. The summed E-state index contributed by atoms with van der Waals surface area (Å²) in [5.41, 5.74) is 5.73. The molecule has 0 aliphatic rings. The average Bonchev–Trinajstić information content (AvgIpc) is 3.21. The molecule has 0 atom stereocenters. The lowest BCUT2D eigenvalue weighted by atomic mass is 10.0. The van der Waals surface area contributed by atoms with Crippen molar-refractivity contribution in [3.8, 4) is 28.0 Å². The van der Waals surface area contributed by atoms with E-state index in [0.717, 1.165) is 46.8 Å². The van der Waals surface area contributed by atoms with Crippen molar-refractivity contribution in [1.29, 1.82) is 0 Å². The van der Waals surface area contributed by atoms with E-state index in [1.54, 1.807) is 11.3 Å². The maximum absolute atomic E-state index is 6.03. The van der Waals surface area contributed by atoms with E-state index in [9.17, 15) is 0 Å². The minimum absolute atomic E-state index is 0.552. The number of nitrogens with zero attached hydrogens (tertiary/aromatic N) is 2. The van der Waals surface area contributed by atoms with Crippen LogP contribution in [-0.4, -0.2) is 16.8 Å². The van der Waals surface area contributed by atoms with Gasteiger partial charge in [0.15, 0.2) is 0 Å². The van der Waals surface area contributed by atoms with E-state index in [1.165, 1.54) is 11.1 Å². The minimum atomic E-state index is 0.552. The molecule has 0 unspecified atom stereocenters. The van der Waals surface area contributed by atoms with Crippen LogP contribution in [0.5, 0.6) is 5.75 Å². The third-order valence-electron chi connectivity index (χ3n) is 4.55. The van der Waals surface area contributed by atoms with Gasteiger partial charge >= 0.3 is 0 Å². The molecule has 0 saturated heterocycles. The molecule has 27 heavy (non-hydrogen) atoms. The summed E-state index contributed by atoms with van der Waals surface area (Å²) in [6.07, 6.45) is 2.06. The normalized spacial score (nSPS) is 11.4. The third kappa shape index (κ3) is 4.24. The van der Waals surface area contributed by atoms with Gasteiger partial charge in [-0.25, -0.2) is 0 Å². The molecule has 0 saturated carbocycles. The molecule has 0 amide bonds. The van der Waals surface area contributed by atoms with Gasteiger partial charge in [0.2, 0.25) is 5.89 Å². The number of rotatable bonds is 7. The number of aromatic nitrogens is 2. The number of benzene rings is 1. The Hall–Kier alpha value is -2.14. The van der Waals surface area contributed by atoms with Crippen molar-refractivity contribution in [2.75, 3.05) is 6.61 Å². The van der Waals surface area contributed by atoms with Crippen molar-refractivity contribution in [3.05, 3.63) is 39.8 Å². The van der Waals surface area contributed by atoms with Gasteiger partial charge in [-0.3, -0.25) is 0 Å². The van der Waals surface area contributed by atoms with Crippen LogP contribution in [0.4, 0.5) is 0 Å². The Balaban J connectivity index is 1.89. The lowest BCUT2D eigenvalue weighted by Crippen LogP contribution is -1.99. The highest BCUT2D eigenvalue weighted by molar-refractivity contribution is 7.13. The van der Waals surface area contributed by atoms with E-state index in [1.807, 2.05) is 0 Å². The molecule has 3 aromatic rings. The molecule has 0 bridgehead atoms. The summed E-state index contributed by atoms with van der Waals surface area (Å²) >= 11 is 1.68. The largest absolute Gasteiger partial charge is 0.493 e. The Morgan fingerprint density at radius 1 is 1.07 bits per heavy atom. The minimum Gasteiger partial charge on any atom is -0.493 e. The zero-order valence-electron chi connectivity index (χ0n) is 17.0. The van der Waals surface area contributed by atoms with Gasteiger partial charge in [-0.1, -0.05) is 20.8 Å². The zero-order chi connectivity index (χ0) is 19.6. The predicted octanol–water partition coefficient (Wildman–Crippen LogP) is 6.38. The first-order chi connectivity index (χ1) is 12.9. The molecule has 0 fully saturated rings. The molecule has 144 valence electrons. The van der Waals surface area contributed by atoms with Crippen LogP contribution in [0.15, 0.2) is 21.9 Å². The first-order valence-electron chi connectivity index (χ1n) is 9.56. The van der Waals surface area contributed by atoms with Gasteiger partial charge in [0.05, 0.1) is 11.5 Å². The van der Waals surface area contributed by atoms with Crippen molar-refractivity contribution in [1.82, 2.24) is 10.2 Å². The maximum atomic E-state index is 6.03. The quantitative estimate of drug-likeness (QED) is 0.474. The van der Waals surface area contributed by atoms with Gasteiger partial charge in [-0.05, 0) is 79.3 Å². The Morgan fingerprint density at radius 3 is 2.37 bits per heavy atom. The van der Waals surface area contributed by atoms with Crippen molar-refractivity contribution < 1.29 is 9.15 Å². The standard InChI is InChI=1S/C22H28N2O2S/c1-7-8-25-19-14(4)10-17(11-15(19)5)21-23-24-22(26-21)20-16(6)18(12-27-20)9-13(2)3/h10-13H,7-9H2,1-6H3. The molecule has 0 aliphatic carbocycles. The fourth-order valence-electron chi connectivity index (χ4n) is 3.24. The Labute approximate surface area is 165 Å². The molecule has 5 heteroatoms. The number of hydrogen-bond donors (Lipinski definition) is 0. The molecule has 0 N–H and O–H groups in total. The smallest absolute Gasteiger partial charge is 0.258 e. The summed E-state index contributed by atoms with van der Waals surface area (Å²) in [5.74, 6) is 2.73. The van der Waals surface area contributed by atoms with E-state index in [4.69, 9.17) is 9.15 Å². The van der Waals surface area contributed by atoms with Crippen LogP contribution in [0.1, 0.15) is 49.4 Å². The molecule has 3 rings (SSSR count). The lowest BCUT2D eigenvalue weighted by Gasteiger charge is -2.12. The second-order valence-electron chi connectivity index (χ2n) is 7.51. The maximum Gasteiger partial charge on any atom is 0.258 e. The summed E-state index contributed by atoms with van der Waals surface area (Å²) in [4.78, 5) is 1.07. The SMILES string of the molecule is CCCOc1c(C)cc(-c2nnc(-c3scc(CC(C)C)c3C)o2)cc1C. The molecule has 0 spiro atoms. The summed E-state index contributed by atoms with van der Waals surface area (Å²) in [6, 6.07) is 4.11. The molecular formula is C22H28N2O2S. The third-order valence-corrected chi connectivity index (χ3v) is 5.67. The fourth-order valence-corrected chi connectivity index (χ4v) is 4.27. The van der Waals surface area contributed by atoms with Crippen LogP contribution < -0.4 is 4.74 Å². The first-order valence-corrected chi connectivity index (χ1v) is 10.4. The monoisotopic (exact) mass is 384 g/mol. The summed E-state index contributed by atoms with van der Waals surface area (Å²) in [7, 11) is 0. The Kier molecular flexibility index (Phi) is 6.00. The van der Waals surface area contributed by atoms with Gasteiger partial charge in [-0.15, -0.1) is 21.5 Å². The second-order valence-corrected chi connectivity index (χ2v) is 8.39. The fraction of sp³-hybridized carbons (Fsp3) is 0.455. The zero-order valence-corrected chi connectivity index (χ0v) is 17.9. The van der Waals surface area contributed by atoms with Crippen molar-refractivity contribution in [2.24, 2.45) is 5.92 Å². The molecular weight excluding hydrogens is 356 g/mol. The molecule has 1 aromatic carbocycles. The number of hydrogen-bond acceptors (Lipinski definition) is 5. The van der Waals surface area contributed by atoms with Gasteiger partial charge < -0.3 is 9.15 Å². The topological polar surface area (TPSA) is 48.2 Å². The Morgan fingerprint density at radius 2 is 1.74 bits per heavy atom. The second kappa shape index (κ2) is 8.26. The summed E-state index contributed by atoms with van der Waals surface area (Å²) in [6.45, 7) is 13.6. The molecule has 0 radical (unpaired) electrons. The van der Waals surface area contributed by atoms with E-state index >= 15 is 0 Å². The number of ether oxygens (including phenoxy) is 1. The highest BCUT2D eigenvalue weighted by atomic mass is 32.1. The molecule has 2 heterocycles. The molecule has 4 nitrogen and oxygen atoms in total. The van der Waals surface area contributed by atoms with E-state index in [-0.39, 0.29) is 0 Å². The van der Waals surface area contributed by atoms with Crippen LogP contribution in [0.2, 0.25) is 0 Å². The Bertz CT molecular complexity index is 901. The van der Waals surface area contributed by atoms with Crippen LogP contribution in [0.3, 0.4) is 0 Å². The van der Waals surface area contributed by atoms with Gasteiger partial charge in [0.25, 0.3) is 5.89 Å². The van der Waals surface area contributed by atoms with Gasteiger partial charge in [0.1, 0.15) is 5.75 Å². The van der Waals surface area contributed by atoms with E-state index < -0.39 is 0 Å². The van der Waals surface area contributed by atoms with Crippen LogP contribution in [0, 0.1) is 26.7 Å². The number of aryl methyl sites for hydroxylation is 2. The summed E-state index contributed by atoms with van der Waals surface area (Å²) < 4.78 is 11.9. The van der Waals surface area contributed by atoms with Crippen molar-refractivity contribution in [2.45, 2.75) is 54.4 Å². The van der Waals surface area contributed by atoms with Crippen molar-refractivity contribution >= 4 is 11.3 Å². The van der Waals surface area contributed by atoms with Crippen molar-refractivity contribution in [3.63, 3.8) is 0 Å². The van der Waals surface area contributed by atoms with Gasteiger partial charge in [-0.2, -0.15) is 0 Å².